The summed E-state index contributed by atoms with van der Waals surface area (Å²) in [5, 5.41) is 3.16. The highest BCUT2D eigenvalue weighted by molar-refractivity contribution is 9.10. The molecule has 0 aliphatic carbocycles. The number of amides is 1. The van der Waals surface area contributed by atoms with Crippen molar-refractivity contribution in [3.05, 3.63) is 56.8 Å². The number of methoxy groups -OCH3 is 1. The van der Waals surface area contributed by atoms with Crippen LogP contribution in [0.5, 0.6) is 5.75 Å². The number of anilines is 1. The number of hydrogen-bond acceptors (Lipinski definition) is 2. The Bertz CT molecular complexity index is 686. The summed E-state index contributed by atoms with van der Waals surface area (Å²) >= 11 is 9.18. The molecular formula is C15H12BrClFNO2. The Morgan fingerprint density at radius 1 is 1.38 bits per heavy atom. The van der Waals surface area contributed by atoms with Crippen LogP contribution in [0.25, 0.3) is 0 Å². The van der Waals surface area contributed by atoms with E-state index in [2.05, 4.69) is 21.2 Å². The minimum atomic E-state index is -0.605. The molecule has 2 aromatic carbocycles. The summed E-state index contributed by atoms with van der Waals surface area (Å²) in [5.74, 6) is -0.766. The molecule has 0 atom stereocenters. The summed E-state index contributed by atoms with van der Waals surface area (Å²) in [6.07, 6.45) is 0. The van der Waals surface area contributed by atoms with Gasteiger partial charge in [-0.05, 0) is 46.6 Å². The number of carbonyl (C=O) groups excluding carboxylic acids is 1. The van der Waals surface area contributed by atoms with Gasteiger partial charge < -0.3 is 10.1 Å². The molecule has 21 heavy (non-hydrogen) atoms. The lowest BCUT2D eigenvalue weighted by molar-refractivity contribution is 0.102. The predicted octanol–water partition coefficient (Wildman–Crippen LogP) is 4.81. The first-order chi connectivity index (χ1) is 9.93. The van der Waals surface area contributed by atoms with Crippen molar-refractivity contribution in [1.29, 1.82) is 0 Å². The van der Waals surface area contributed by atoms with E-state index < -0.39 is 11.7 Å². The summed E-state index contributed by atoms with van der Waals surface area (Å²) in [7, 11) is 1.47. The van der Waals surface area contributed by atoms with Crippen molar-refractivity contribution in [2.75, 3.05) is 12.4 Å². The van der Waals surface area contributed by atoms with Crippen LogP contribution < -0.4 is 10.1 Å². The summed E-state index contributed by atoms with van der Waals surface area (Å²) in [6.45, 7) is 1.80. The zero-order valence-corrected chi connectivity index (χ0v) is 13.7. The fraction of sp³-hybridized carbons (Fsp3) is 0.133. The van der Waals surface area contributed by atoms with E-state index in [4.69, 9.17) is 16.3 Å². The van der Waals surface area contributed by atoms with Gasteiger partial charge in [0.1, 0.15) is 11.6 Å². The lowest BCUT2D eigenvalue weighted by Crippen LogP contribution is -2.15. The normalized spacial score (nSPS) is 10.3. The molecule has 6 heteroatoms. The van der Waals surface area contributed by atoms with Gasteiger partial charge in [0.05, 0.1) is 18.4 Å². The third-order valence-corrected chi connectivity index (χ3v) is 3.99. The van der Waals surface area contributed by atoms with Crippen molar-refractivity contribution in [3.63, 3.8) is 0 Å². The Kier molecular flexibility index (Phi) is 4.85. The second kappa shape index (κ2) is 6.45. The molecule has 0 spiro atoms. The molecule has 1 amide bonds. The molecule has 2 aromatic rings. The van der Waals surface area contributed by atoms with Crippen LogP contribution in [-0.4, -0.2) is 13.0 Å². The molecule has 0 saturated carbocycles. The quantitative estimate of drug-likeness (QED) is 0.839. The van der Waals surface area contributed by atoms with Crippen molar-refractivity contribution < 1.29 is 13.9 Å². The van der Waals surface area contributed by atoms with E-state index in [9.17, 15) is 9.18 Å². The molecule has 3 nitrogen and oxygen atoms in total. The van der Waals surface area contributed by atoms with Crippen LogP contribution in [0.2, 0.25) is 5.02 Å². The molecule has 110 valence electrons. The third-order valence-electron chi connectivity index (χ3n) is 2.92. The second-order valence-electron chi connectivity index (χ2n) is 4.35. The van der Waals surface area contributed by atoms with Crippen molar-refractivity contribution in [2.24, 2.45) is 0 Å². The number of halogens is 3. The maximum absolute atomic E-state index is 13.8. The number of aryl methyl sites for hydroxylation is 1. The van der Waals surface area contributed by atoms with E-state index in [0.717, 1.165) is 5.56 Å². The molecule has 1 N–H and O–H groups in total. The highest BCUT2D eigenvalue weighted by atomic mass is 79.9. The largest absolute Gasteiger partial charge is 0.495 e. The monoisotopic (exact) mass is 371 g/mol. The van der Waals surface area contributed by atoms with Crippen LogP contribution in [0.15, 0.2) is 34.8 Å². The molecule has 0 aliphatic rings. The fourth-order valence-corrected chi connectivity index (χ4v) is 2.51. The molecule has 2 rings (SSSR count). The van der Waals surface area contributed by atoms with Gasteiger partial charge in [-0.1, -0.05) is 17.7 Å². The van der Waals surface area contributed by atoms with E-state index in [-0.39, 0.29) is 5.56 Å². The molecule has 0 aromatic heterocycles. The van der Waals surface area contributed by atoms with Gasteiger partial charge in [0.2, 0.25) is 0 Å². The number of benzene rings is 2. The van der Waals surface area contributed by atoms with Gasteiger partial charge in [-0.3, -0.25) is 4.79 Å². The number of carbonyl (C=O) groups is 1. The minimum absolute atomic E-state index is 0.0628. The van der Waals surface area contributed by atoms with Crippen molar-refractivity contribution in [2.45, 2.75) is 6.92 Å². The standard InChI is InChI=1S/C15H12BrClFNO2/c1-8-6-12(13(21-2)7-10(8)17)19-15(20)14-9(16)4-3-5-11(14)18/h3-7H,1-2H3,(H,19,20). The predicted molar refractivity (Wildman–Crippen MR) is 84.8 cm³/mol. The number of ether oxygens (including phenoxy) is 1. The maximum Gasteiger partial charge on any atom is 0.259 e. The first-order valence-electron chi connectivity index (χ1n) is 6.03. The van der Waals surface area contributed by atoms with Gasteiger partial charge in [0.15, 0.2) is 0 Å². The van der Waals surface area contributed by atoms with Crippen LogP contribution in [0.4, 0.5) is 10.1 Å². The first kappa shape index (κ1) is 15.8. The van der Waals surface area contributed by atoms with Crippen LogP contribution in [0.1, 0.15) is 15.9 Å². The topological polar surface area (TPSA) is 38.3 Å². The highest BCUT2D eigenvalue weighted by Crippen LogP contribution is 2.32. The van der Waals surface area contributed by atoms with Gasteiger partial charge in [-0.25, -0.2) is 4.39 Å². The van der Waals surface area contributed by atoms with E-state index in [1.807, 2.05) is 0 Å². The second-order valence-corrected chi connectivity index (χ2v) is 5.61. The highest BCUT2D eigenvalue weighted by Gasteiger charge is 2.17. The molecule has 0 unspecified atom stereocenters. The number of rotatable bonds is 3. The van der Waals surface area contributed by atoms with E-state index in [1.54, 1.807) is 25.1 Å². The maximum atomic E-state index is 13.8. The van der Waals surface area contributed by atoms with Gasteiger partial charge in [0.25, 0.3) is 5.91 Å². The van der Waals surface area contributed by atoms with Crippen molar-refractivity contribution in [3.8, 4) is 5.75 Å². The van der Waals surface area contributed by atoms with E-state index >= 15 is 0 Å². The van der Waals surface area contributed by atoms with E-state index in [0.29, 0.717) is 20.9 Å². The lowest BCUT2D eigenvalue weighted by Gasteiger charge is -2.13. The molecular weight excluding hydrogens is 361 g/mol. The summed E-state index contributed by atoms with van der Waals surface area (Å²) in [6, 6.07) is 7.62. The first-order valence-corrected chi connectivity index (χ1v) is 7.20. The van der Waals surface area contributed by atoms with Gasteiger partial charge in [-0.2, -0.15) is 0 Å². The van der Waals surface area contributed by atoms with Crippen LogP contribution in [0, 0.1) is 12.7 Å². The SMILES string of the molecule is COc1cc(Cl)c(C)cc1NC(=O)c1c(F)cccc1Br. The van der Waals surface area contributed by atoms with Crippen LogP contribution >= 0.6 is 27.5 Å². The zero-order chi connectivity index (χ0) is 15.6. The zero-order valence-electron chi connectivity index (χ0n) is 11.3. The smallest absolute Gasteiger partial charge is 0.259 e. The van der Waals surface area contributed by atoms with Gasteiger partial charge in [-0.15, -0.1) is 0 Å². The molecule has 0 fully saturated rings. The molecule has 0 radical (unpaired) electrons. The Labute approximate surface area is 135 Å². The average molecular weight is 373 g/mol. The minimum Gasteiger partial charge on any atom is -0.495 e. The molecule has 0 heterocycles. The van der Waals surface area contributed by atoms with Gasteiger partial charge in [0, 0.05) is 15.6 Å². The molecule has 0 aliphatic heterocycles. The van der Waals surface area contributed by atoms with Crippen LogP contribution in [-0.2, 0) is 0 Å². The van der Waals surface area contributed by atoms with Crippen molar-refractivity contribution >= 4 is 39.1 Å². The fourth-order valence-electron chi connectivity index (χ4n) is 1.83. The summed E-state index contributed by atoms with van der Waals surface area (Å²) in [5.41, 5.74) is 1.15. The lowest BCUT2D eigenvalue weighted by atomic mass is 10.1. The molecule has 0 saturated heterocycles. The Hall–Kier alpha value is -1.59. The van der Waals surface area contributed by atoms with E-state index in [1.165, 1.54) is 19.2 Å². The third kappa shape index (κ3) is 3.36. The summed E-state index contributed by atoms with van der Waals surface area (Å²) < 4.78 is 19.3. The van der Waals surface area contributed by atoms with Crippen LogP contribution in [0.3, 0.4) is 0 Å². The Balaban J connectivity index is 2.38. The average Bonchev–Trinajstić information content (AvgIpc) is 2.42. The number of nitrogens with one attached hydrogen (secondary N) is 1. The number of hydrogen-bond donors (Lipinski definition) is 1. The summed E-state index contributed by atoms with van der Waals surface area (Å²) in [4.78, 5) is 12.3. The van der Waals surface area contributed by atoms with Gasteiger partial charge >= 0.3 is 0 Å². The Morgan fingerprint density at radius 3 is 2.71 bits per heavy atom. The van der Waals surface area contributed by atoms with Crippen molar-refractivity contribution in [1.82, 2.24) is 0 Å². The Morgan fingerprint density at radius 2 is 2.10 bits per heavy atom. The molecule has 0 bridgehead atoms.